The van der Waals surface area contributed by atoms with Gasteiger partial charge >= 0.3 is 0 Å². The Balaban J connectivity index is 1.88. The number of thiophene rings is 1. The Morgan fingerprint density at radius 2 is 2.00 bits per heavy atom. The molecule has 8 heteroatoms. The summed E-state index contributed by atoms with van der Waals surface area (Å²) in [6, 6.07) is 3.90. The smallest absolute Gasteiger partial charge is 0.232 e. The van der Waals surface area contributed by atoms with Gasteiger partial charge < -0.3 is 10.2 Å². The largest absolute Gasteiger partial charge is 0.338 e. The fourth-order valence-electron chi connectivity index (χ4n) is 2.53. The number of hydrogen-bond donors (Lipinski definition) is 1. The number of nitrogens with one attached hydrogen (secondary N) is 1. The molecule has 0 aromatic carbocycles. The molecule has 1 aliphatic rings. The van der Waals surface area contributed by atoms with Crippen LogP contribution in [-0.4, -0.2) is 45.8 Å². The third-order valence-corrected chi connectivity index (χ3v) is 4.78. The lowest BCUT2D eigenvalue weighted by molar-refractivity contribution is 0.578. The van der Waals surface area contributed by atoms with Crippen molar-refractivity contribution in [3.05, 3.63) is 28.9 Å². The van der Waals surface area contributed by atoms with Crippen molar-refractivity contribution >= 4 is 34.5 Å². The summed E-state index contributed by atoms with van der Waals surface area (Å²) in [4.78, 5) is 7.58. The zero-order chi connectivity index (χ0) is 14.2. The number of anilines is 1. The number of piperazine rings is 1. The maximum Gasteiger partial charge on any atom is 0.232 e. The average Bonchev–Trinajstić information content (AvgIpc) is 3.14. The first kappa shape index (κ1) is 13.0. The minimum atomic E-state index is 0.755. The van der Waals surface area contributed by atoms with Crippen molar-refractivity contribution in [3.63, 3.8) is 0 Å². The van der Waals surface area contributed by atoms with Gasteiger partial charge in [0.15, 0.2) is 5.65 Å². The lowest BCUT2D eigenvalue weighted by Gasteiger charge is -2.27. The monoisotopic (exact) mass is 320 g/mol. The van der Waals surface area contributed by atoms with Gasteiger partial charge in [-0.15, -0.1) is 21.5 Å². The Morgan fingerprint density at radius 3 is 2.76 bits per heavy atom. The van der Waals surface area contributed by atoms with Crippen LogP contribution in [0.5, 0.6) is 0 Å². The van der Waals surface area contributed by atoms with Crippen LogP contribution < -0.4 is 10.2 Å². The quantitative estimate of drug-likeness (QED) is 0.781. The van der Waals surface area contributed by atoms with Crippen LogP contribution in [0.25, 0.3) is 16.2 Å². The minimum absolute atomic E-state index is 0.755. The first-order chi connectivity index (χ1) is 10.3. The first-order valence-corrected chi connectivity index (χ1v) is 7.93. The van der Waals surface area contributed by atoms with E-state index in [0.717, 1.165) is 52.7 Å². The fraction of sp³-hybridized carbons (Fsp3) is 0.308. The number of aromatic nitrogens is 4. The van der Waals surface area contributed by atoms with Crippen molar-refractivity contribution in [1.82, 2.24) is 24.9 Å². The van der Waals surface area contributed by atoms with E-state index in [9.17, 15) is 0 Å². The summed E-state index contributed by atoms with van der Waals surface area (Å²) in [6.45, 7) is 3.77. The Hall–Kier alpha value is -1.70. The molecule has 3 aromatic heterocycles. The van der Waals surface area contributed by atoms with Gasteiger partial charge in [-0.1, -0.05) is 11.6 Å². The molecule has 0 bridgehead atoms. The van der Waals surface area contributed by atoms with E-state index >= 15 is 0 Å². The van der Waals surface area contributed by atoms with Crippen molar-refractivity contribution in [2.45, 2.75) is 0 Å². The third kappa shape index (κ3) is 2.27. The molecule has 1 aliphatic heterocycles. The van der Waals surface area contributed by atoms with E-state index in [2.05, 4.69) is 29.8 Å². The van der Waals surface area contributed by atoms with E-state index in [-0.39, 0.29) is 0 Å². The second-order valence-corrected chi connectivity index (χ2v) is 6.54. The minimum Gasteiger partial charge on any atom is -0.338 e. The van der Waals surface area contributed by atoms with Crippen LogP contribution in [0.3, 0.4) is 0 Å². The van der Waals surface area contributed by atoms with Gasteiger partial charge in [0, 0.05) is 26.2 Å². The molecule has 1 saturated heterocycles. The number of nitrogens with zero attached hydrogens (tertiary/aromatic N) is 5. The molecule has 1 fully saturated rings. The van der Waals surface area contributed by atoms with E-state index < -0.39 is 0 Å². The molecule has 0 radical (unpaired) electrons. The van der Waals surface area contributed by atoms with Gasteiger partial charge in [-0.2, -0.15) is 0 Å². The Bertz CT molecular complexity index is 776. The molecule has 3 aromatic rings. The molecule has 0 aliphatic carbocycles. The highest BCUT2D eigenvalue weighted by Crippen LogP contribution is 2.32. The van der Waals surface area contributed by atoms with Crippen LogP contribution in [0.1, 0.15) is 0 Å². The normalized spacial score (nSPS) is 15.8. The van der Waals surface area contributed by atoms with Crippen LogP contribution in [0, 0.1) is 0 Å². The van der Waals surface area contributed by atoms with Crippen molar-refractivity contribution in [2.75, 3.05) is 31.1 Å². The highest BCUT2D eigenvalue weighted by molar-refractivity contribution is 7.19. The topological polar surface area (TPSA) is 58.4 Å². The highest BCUT2D eigenvalue weighted by Gasteiger charge is 2.19. The molecule has 0 unspecified atom stereocenters. The van der Waals surface area contributed by atoms with Gasteiger partial charge in [-0.25, -0.2) is 0 Å². The number of fused-ring (bicyclic) bond motifs is 1. The molecule has 4 rings (SSSR count). The maximum atomic E-state index is 6.06. The SMILES string of the molecule is Clc1ccc(-c2cncc3nnc(N4CCNCC4)n23)s1. The van der Waals surface area contributed by atoms with Gasteiger partial charge in [-0.05, 0) is 12.1 Å². The van der Waals surface area contributed by atoms with E-state index in [0.29, 0.717) is 0 Å². The molecule has 21 heavy (non-hydrogen) atoms. The lowest BCUT2D eigenvalue weighted by Crippen LogP contribution is -2.44. The Labute approximate surface area is 130 Å². The van der Waals surface area contributed by atoms with Crippen molar-refractivity contribution < 1.29 is 0 Å². The molecule has 108 valence electrons. The third-order valence-electron chi connectivity index (χ3n) is 3.52. The van der Waals surface area contributed by atoms with Crippen LogP contribution in [0.15, 0.2) is 24.5 Å². The van der Waals surface area contributed by atoms with E-state index in [4.69, 9.17) is 11.6 Å². The molecule has 0 amide bonds. The summed E-state index contributed by atoms with van der Waals surface area (Å²) >= 11 is 7.60. The van der Waals surface area contributed by atoms with E-state index in [1.54, 1.807) is 6.20 Å². The van der Waals surface area contributed by atoms with Gasteiger partial charge in [0.1, 0.15) is 0 Å². The van der Waals surface area contributed by atoms with Crippen LogP contribution in [0.2, 0.25) is 4.34 Å². The summed E-state index contributed by atoms with van der Waals surface area (Å²) < 4.78 is 2.82. The summed E-state index contributed by atoms with van der Waals surface area (Å²) in [6.07, 6.45) is 3.57. The summed E-state index contributed by atoms with van der Waals surface area (Å²) in [7, 11) is 0. The van der Waals surface area contributed by atoms with Crippen LogP contribution >= 0.6 is 22.9 Å². The summed E-state index contributed by atoms with van der Waals surface area (Å²) in [5, 5.41) is 11.9. The van der Waals surface area contributed by atoms with Crippen LogP contribution in [0.4, 0.5) is 5.95 Å². The van der Waals surface area contributed by atoms with E-state index in [1.165, 1.54) is 11.3 Å². The number of halogens is 1. The van der Waals surface area contributed by atoms with Gasteiger partial charge in [0.05, 0.1) is 27.3 Å². The molecule has 6 nitrogen and oxygen atoms in total. The maximum absolute atomic E-state index is 6.06. The van der Waals surface area contributed by atoms with E-state index in [1.807, 2.05) is 18.3 Å². The predicted molar refractivity (Wildman–Crippen MR) is 84.2 cm³/mol. The van der Waals surface area contributed by atoms with Gasteiger partial charge in [0.25, 0.3) is 0 Å². The predicted octanol–water partition coefficient (Wildman–Crippen LogP) is 1.92. The van der Waals surface area contributed by atoms with Crippen molar-refractivity contribution in [2.24, 2.45) is 0 Å². The first-order valence-electron chi connectivity index (χ1n) is 6.73. The van der Waals surface area contributed by atoms with Gasteiger partial charge in [-0.3, -0.25) is 9.38 Å². The average molecular weight is 321 g/mol. The summed E-state index contributed by atoms with van der Waals surface area (Å²) in [5.41, 5.74) is 1.73. The molecule has 1 N–H and O–H groups in total. The Kier molecular flexibility index (Phi) is 3.25. The zero-order valence-corrected chi connectivity index (χ0v) is 12.7. The number of hydrogen-bond acceptors (Lipinski definition) is 6. The molecule has 0 atom stereocenters. The zero-order valence-electron chi connectivity index (χ0n) is 11.2. The fourth-order valence-corrected chi connectivity index (χ4v) is 3.57. The lowest BCUT2D eigenvalue weighted by atomic mass is 10.3. The second-order valence-electron chi connectivity index (χ2n) is 4.83. The number of rotatable bonds is 2. The molecule has 0 spiro atoms. The molecular weight excluding hydrogens is 308 g/mol. The second kappa shape index (κ2) is 5.25. The molecule has 4 heterocycles. The van der Waals surface area contributed by atoms with Gasteiger partial charge in [0.2, 0.25) is 5.95 Å². The summed E-state index contributed by atoms with van der Waals surface area (Å²) in [5.74, 6) is 0.869. The molecular formula is C13H13ClN6S. The standard InChI is InChI=1S/C13H13ClN6S/c14-11-2-1-10(21-11)9-7-16-8-12-17-18-13(20(9)12)19-5-3-15-4-6-19/h1-2,7-8,15H,3-6H2. The van der Waals surface area contributed by atoms with Crippen molar-refractivity contribution in [1.29, 1.82) is 0 Å². The molecule has 0 saturated carbocycles. The van der Waals surface area contributed by atoms with Crippen molar-refractivity contribution in [3.8, 4) is 10.6 Å². The highest BCUT2D eigenvalue weighted by atomic mass is 35.5. The van der Waals surface area contributed by atoms with Crippen LogP contribution in [-0.2, 0) is 0 Å². The Morgan fingerprint density at radius 1 is 1.14 bits per heavy atom.